The first-order valence-corrected chi connectivity index (χ1v) is 9.42. The summed E-state index contributed by atoms with van der Waals surface area (Å²) in [5, 5.41) is 25.4. The van der Waals surface area contributed by atoms with Gasteiger partial charge in [0.2, 0.25) is 5.60 Å². The highest BCUT2D eigenvalue weighted by Crippen LogP contribution is 2.41. The van der Waals surface area contributed by atoms with E-state index in [0.717, 1.165) is 12.1 Å². The van der Waals surface area contributed by atoms with Crippen molar-refractivity contribution in [2.45, 2.75) is 44.4 Å². The molecule has 0 aliphatic carbocycles. The topological polar surface area (TPSA) is 79.3 Å². The Morgan fingerprint density at radius 1 is 1.19 bits per heavy atom. The van der Waals surface area contributed by atoms with Crippen LogP contribution in [0.3, 0.4) is 0 Å². The van der Waals surface area contributed by atoms with Crippen LogP contribution in [0.25, 0.3) is 10.9 Å². The fraction of sp³-hybridized carbons (Fsp3) is 0.474. The number of imidazole rings is 1. The molecule has 1 aromatic carbocycles. The van der Waals surface area contributed by atoms with E-state index in [-0.39, 0.29) is 29.7 Å². The average Bonchev–Trinajstić information content (AvgIpc) is 3.22. The normalized spacial score (nSPS) is 20.6. The second kappa shape index (κ2) is 6.97. The third-order valence-electron chi connectivity index (χ3n) is 5.68. The first kappa shape index (κ1) is 21.7. The molecule has 2 N–H and O–H groups in total. The van der Waals surface area contributed by atoms with E-state index >= 15 is 0 Å². The summed E-state index contributed by atoms with van der Waals surface area (Å²) < 4.78 is 69.9. The Bertz CT molecular complexity index is 1150. The van der Waals surface area contributed by atoms with E-state index in [9.17, 15) is 32.2 Å². The smallest absolute Gasteiger partial charge is 0.374 e. The summed E-state index contributed by atoms with van der Waals surface area (Å²) in [7, 11) is 1.52. The molecule has 31 heavy (non-hydrogen) atoms. The van der Waals surface area contributed by atoms with Crippen LogP contribution in [0, 0.1) is 11.6 Å². The lowest BCUT2D eigenvalue weighted by atomic mass is 10.0. The van der Waals surface area contributed by atoms with Crippen molar-refractivity contribution in [2.24, 2.45) is 7.05 Å². The molecule has 0 spiro atoms. The van der Waals surface area contributed by atoms with Crippen molar-refractivity contribution < 1.29 is 32.2 Å². The molecule has 7 nitrogen and oxygen atoms in total. The van der Waals surface area contributed by atoms with Gasteiger partial charge in [0.05, 0.1) is 16.9 Å². The molecule has 1 aliphatic rings. The number of hydrogen-bond acceptors (Lipinski definition) is 5. The molecule has 2 aromatic heterocycles. The highest BCUT2D eigenvalue weighted by Gasteiger charge is 2.55. The summed E-state index contributed by atoms with van der Waals surface area (Å²) in [5.41, 5.74) is -2.40. The zero-order chi connectivity index (χ0) is 22.9. The van der Waals surface area contributed by atoms with Crippen LogP contribution in [0.2, 0.25) is 0 Å². The van der Waals surface area contributed by atoms with Crippen LogP contribution < -0.4 is 0 Å². The Morgan fingerprint density at radius 2 is 1.84 bits per heavy atom. The number of aromatic nitrogens is 4. The lowest BCUT2D eigenvalue weighted by Crippen LogP contribution is -2.45. The van der Waals surface area contributed by atoms with Gasteiger partial charge in [0, 0.05) is 43.8 Å². The molecule has 168 valence electrons. The van der Waals surface area contributed by atoms with Gasteiger partial charge in [0.15, 0.2) is 23.7 Å². The second-order valence-electron chi connectivity index (χ2n) is 7.96. The van der Waals surface area contributed by atoms with Gasteiger partial charge in [-0.05, 0) is 19.9 Å². The third kappa shape index (κ3) is 3.29. The first-order chi connectivity index (χ1) is 14.3. The SMILES string of the molecule is C[C@H]1CN(C(O)c2c3cc(F)c(F)cc3nn2C)Cc2cnc([C@@](C)(O)C(F)(F)F)n21. The Labute approximate surface area is 173 Å². The van der Waals surface area contributed by atoms with Gasteiger partial charge in [-0.15, -0.1) is 0 Å². The molecule has 0 saturated heterocycles. The van der Waals surface area contributed by atoms with Crippen LogP contribution in [0.1, 0.15) is 43.3 Å². The van der Waals surface area contributed by atoms with Gasteiger partial charge >= 0.3 is 6.18 Å². The molecular weight excluding hydrogens is 425 g/mol. The Balaban J connectivity index is 1.71. The number of aliphatic hydroxyl groups is 2. The summed E-state index contributed by atoms with van der Waals surface area (Å²) >= 11 is 0. The quantitative estimate of drug-likeness (QED) is 0.607. The number of fused-ring (bicyclic) bond motifs is 2. The Hall–Kier alpha value is -2.57. The average molecular weight is 445 g/mol. The van der Waals surface area contributed by atoms with Crippen molar-refractivity contribution in [3.05, 3.63) is 47.2 Å². The van der Waals surface area contributed by atoms with E-state index in [1.807, 2.05) is 0 Å². The largest absolute Gasteiger partial charge is 0.424 e. The highest BCUT2D eigenvalue weighted by molar-refractivity contribution is 5.82. The number of aryl methyl sites for hydroxylation is 1. The standard InChI is InChI=1S/C19H20F5N5O2/c1-9-7-28(8-10-6-25-17(29(9)10)18(2,31)19(22,23)24)16(30)15-11-4-12(20)13(21)5-14(11)26-27(15)3/h4-6,9,16,30-31H,7-8H2,1-3H3/t9-,16?,18+/m0/s1. The summed E-state index contributed by atoms with van der Waals surface area (Å²) in [6.07, 6.45) is -4.99. The maximum atomic E-state index is 13.8. The molecule has 0 bridgehead atoms. The molecule has 0 fully saturated rings. The van der Waals surface area contributed by atoms with E-state index in [2.05, 4.69) is 10.1 Å². The molecule has 0 radical (unpaired) electrons. The van der Waals surface area contributed by atoms with Crippen molar-refractivity contribution in [3.63, 3.8) is 0 Å². The first-order valence-electron chi connectivity index (χ1n) is 9.42. The van der Waals surface area contributed by atoms with E-state index in [1.165, 1.54) is 22.5 Å². The number of nitrogens with zero attached hydrogens (tertiary/aromatic N) is 5. The van der Waals surface area contributed by atoms with Crippen molar-refractivity contribution in [1.82, 2.24) is 24.2 Å². The molecule has 3 heterocycles. The number of alkyl halides is 3. The maximum Gasteiger partial charge on any atom is 0.424 e. The number of benzene rings is 1. The lowest BCUT2D eigenvalue weighted by Gasteiger charge is -2.38. The van der Waals surface area contributed by atoms with Crippen LogP contribution in [-0.2, 0) is 19.2 Å². The van der Waals surface area contributed by atoms with E-state index in [0.29, 0.717) is 12.6 Å². The zero-order valence-corrected chi connectivity index (χ0v) is 16.8. The van der Waals surface area contributed by atoms with Crippen LogP contribution in [0.4, 0.5) is 22.0 Å². The predicted molar refractivity (Wildman–Crippen MR) is 98.6 cm³/mol. The van der Waals surface area contributed by atoms with Crippen LogP contribution in [-0.4, -0.2) is 47.2 Å². The van der Waals surface area contributed by atoms with Crippen LogP contribution >= 0.6 is 0 Å². The summed E-state index contributed by atoms with van der Waals surface area (Å²) in [5.74, 6) is -2.68. The minimum atomic E-state index is -4.92. The molecule has 12 heteroatoms. The number of rotatable bonds is 3. The monoisotopic (exact) mass is 445 g/mol. The number of aliphatic hydroxyl groups excluding tert-OH is 1. The van der Waals surface area contributed by atoms with Crippen molar-refractivity contribution in [3.8, 4) is 0 Å². The van der Waals surface area contributed by atoms with Gasteiger partial charge in [-0.3, -0.25) is 9.58 Å². The third-order valence-corrected chi connectivity index (χ3v) is 5.68. The molecule has 4 rings (SSSR count). The zero-order valence-electron chi connectivity index (χ0n) is 16.8. The molecule has 0 saturated carbocycles. The minimum Gasteiger partial charge on any atom is -0.374 e. The Morgan fingerprint density at radius 3 is 2.48 bits per heavy atom. The number of halogens is 5. The van der Waals surface area contributed by atoms with E-state index < -0.39 is 41.5 Å². The highest BCUT2D eigenvalue weighted by atomic mass is 19.4. The molecule has 3 atom stereocenters. The minimum absolute atomic E-state index is 0.0167. The molecular formula is C19H20F5N5O2. The summed E-state index contributed by atoms with van der Waals surface area (Å²) in [6.45, 7) is 2.41. The maximum absolute atomic E-state index is 13.8. The van der Waals surface area contributed by atoms with Crippen molar-refractivity contribution in [2.75, 3.05) is 6.54 Å². The lowest BCUT2D eigenvalue weighted by molar-refractivity contribution is -0.263. The fourth-order valence-corrected chi connectivity index (χ4v) is 4.07. The van der Waals surface area contributed by atoms with Crippen molar-refractivity contribution in [1.29, 1.82) is 0 Å². The second-order valence-corrected chi connectivity index (χ2v) is 7.96. The van der Waals surface area contributed by atoms with E-state index in [4.69, 9.17) is 0 Å². The van der Waals surface area contributed by atoms with Crippen molar-refractivity contribution >= 4 is 10.9 Å². The van der Waals surface area contributed by atoms with Gasteiger partial charge in [0.1, 0.15) is 0 Å². The summed E-state index contributed by atoms with van der Waals surface area (Å²) in [4.78, 5) is 5.37. The molecule has 0 amide bonds. The Kier molecular flexibility index (Phi) is 4.87. The predicted octanol–water partition coefficient (Wildman–Crippen LogP) is 2.89. The van der Waals surface area contributed by atoms with Crippen LogP contribution in [0.5, 0.6) is 0 Å². The molecule has 3 aromatic rings. The number of hydrogen-bond donors (Lipinski definition) is 2. The summed E-state index contributed by atoms with van der Waals surface area (Å²) in [6, 6.07) is 1.31. The van der Waals surface area contributed by atoms with Gasteiger partial charge < -0.3 is 14.8 Å². The molecule has 1 aliphatic heterocycles. The van der Waals surface area contributed by atoms with Gasteiger partial charge in [0.25, 0.3) is 0 Å². The van der Waals surface area contributed by atoms with Crippen LogP contribution in [0.15, 0.2) is 18.3 Å². The van der Waals surface area contributed by atoms with E-state index in [1.54, 1.807) is 11.8 Å². The van der Waals surface area contributed by atoms with Gasteiger partial charge in [-0.25, -0.2) is 13.8 Å². The molecule has 1 unspecified atom stereocenters. The van der Waals surface area contributed by atoms with Gasteiger partial charge in [-0.2, -0.15) is 18.3 Å². The fourth-order valence-electron chi connectivity index (χ4n) is 4.07. The van der Waals surface area contributed by atoms with Gasteiger partial charge in [-0.1, -0.05) is 0 Å².